The molecule has 0 aromatic heterocycles. The Hall–Kier alpha value is 0.200. The van der Waals surface area contributed by atoms with Gasteiger partial charge < -0.3 is 0 Å². The highest BCUT2D eigenvalue weighted by molar-refractivity contribution is 7.89. The van der Waals surface area contributed by atoms with Crippen molar-refractivity contribution in [3.8, 4) is 0 Å². The maximum atomic E-state index is 11.8. The van der Waals surface area contributed by atoms with Crippen molar-refractivity contribution >= 4 is 21.6 Å². The molecule has 0 saturated carbocycles. The van der Waals surface area contributed by atoms with E-state index in [1.807, 2.05) is 34.6 Å². The molecular weight excluding hydrogens is 246 g/mol. The van der Waals surface area contributed by atoms with E-state index in [-0.39, 0.29) is 11.2 Å². The Morgan fingerprint density at radius 2 is 1.56 bits per heavy atom. The largest absolute Gasteiger partial charge is 0.212 e. The molecular formula is C11H24ClNO2S. The summed E-state index contributed by atoms with van der Waals surface area (Å²) in [6.45, 7) is 9.80. The Morgan fingerprint density at radius 1 is 1.06 bits per heavy atom. The molecule has 16 heavy (non-hydrogen) atoms. The third-order valence-corrected chi connectivity index (χ3v) is 4.07. The second kappa shape index (κ2) is 5.69. The van der Waals surface area contributed by atoms with E-state index in [2.05, 4.69) is 4.72 Å². The van der Waals surface area contributed by atoms with Crippen molar-refractivity contribution < 1.29 is 8.42 Å². The lowest BCUT2D eigenvalue weighted by atomic mass is 9.94. The van der Waals surface area contributed by atoms with E-state index in [1.165, 1.54) is 0 Å². The summed E-state index contributed by atoms with van der Waals surface area (Å²) < 4.78 is 26.3. The van der Waals surface area contributed by atoms with Gasteiger partial charge in [-0.25, -0.2) is 13.1 Å². The van der Waals surface area contributed by atoms with Gasteiger partial charge in [-0.05, 0) is 32.1 Å². The van der Waals surface area contributed by atoms with E-state index < -0.39 is 15.6 Å². The second-order valence-corrected chi connectivity index (χ2v) is 8.27. The van der Waals surface area contributed by atoms with Gasteiger partial charge in [-0.2, -0.15) is 0 Å². The van der Waals surface area contributed by atoms with Gasteiger partial charge in [-0.3, -0.25) is 0 Å². The molecule has 0 rings (SSSR count). The molecule has 0 aliphatic heterocycles. The summed E-state index contributed by atoms with van der Waals surface area (Å²) in [5.41, 5.74) is -0.427. The molecule has 0 aromatic rings. The van der Waals surface area contributed by atoms with Gasteiger partial charge in [-0.15, -0.1) is 11.6 Å². The summed E-state index contributed by atoms with van der Waals surface area (Å²) in [5.74, 6) is 0.622. The normalized spacial score (nSPS) is 14.1. The van der Waals surface area contributed by atoms with Crippen molar-refractivity contribution in [1.29, 1.82) is 0 Å². The van der Waals surface area contributed by atoms with Crippen LogP contribution in [-0.2, 0) is 10.0 Å². The highest BCUT2D eigenvalue weighted by Crippen LogP contribution is 2.20. The van der Waals surface area contributed by atoms with Crippen LogP contribution in [0.3, 0.4) is 0 Å². The number of hydrogen-bond donors (Lipinski definition) is 1. The second-order valence-electron chi connectivity index (χ2n) is 6.05. The van der Waals surface area contributed by atoms with Crippen LogP contribution in [0, 0.1) is 5.41 Å². The summed E-state index contributed by atoms with van der Waals surface area (Å²) in [5, 5.41) is 0. The highest BCUT2D eigenvalue weighted by atomic mass is 35.5. The molecule has 0 aliphatic rings. The fraction of sp³-hybridized carbons (Fsp3) is 1.00. The van der Waals surface area contributed by atoms with Crippen LogP contribution >= 0.6 is 11.6 Å². The van der Waals surface area contributed by atoms with Gasteiger partial charge in [0, 0.05) is 11.4 Å². The zero-order chi connectivity index (χ0) is 13.0. The smallest absolute Gasteiger partial charge is 0.212 e. The van der Waals surface area contributed by atoms with E-state index in [0.29, 0.717) is 18.7 Å². The lowest BCUT2D eigenvalue weighted by molar-refractivity contribution is 0.391. The van der Waals surface area contributed by atoms with Crippen molar-refractivity contribution in [3.05, 3.63) is 0 Å². The lowest BCUT2D eigenvalue weighted by Crippen LogP contribution is -2.45. The molecule has 0 bridgehead atoms. The SMILES string of the molecule is CC(C)(C)CCS(=O)(=O)NC(C)(C)CCCl. The van der Waals surface area contributed by atoms with Gasteiger partial charge in [0.15, 0.2) is 0 Å². The van der Waals surface area contributed by atoms with E-state index in [1.54, 1.807) is 0 Å². The first kappa shape index (κ1) is 16.2. The molecule has 0 radical (unpaired) electrons. The Labute approximate surface area is 105 Å². The van der Waals surface area contributed by atoms with Crippen LogP contribution in [0.4, 0.5) is 0 Å². The highest BCUT2D eigenvalue weighted by Gasteiger charge is 2.25. The molecule has 5 heteroatoms. The third-order valence-electron chi connectivity index (χ3n) is 2.27. The predicted molar refractivity (Wildman–Crippen MR) is 70.4 cm³/mol. The van der Waals surface area contributed by atoms with Crippen LogP contribution in [0.25, 0.3) is 0 Å². The van der Waals surface area contributed by atoms with Crippen LogP contribution in [-0.4, -0.2) is 25.6 Å². The summed E-state index contributed by atoms with van der Waals surface area (Å²) in [4.78, 5) is 0. The molecule has 0 aliphatic carbocycles. The van der Waals surface area contributed by atoms with Crippen molar-refractivity contribution in [2.24, 2.45) is 5.41 Å². The number of rotatable bonds is 6. The molecule has 1 N–H and O–H groups in total. The average Bonchev–Trinajstić information content (AvgIpc) is 1.97. The Bertz CT molecular complexity index is 304. The molecule has 0 unspecified atom stereocenters. The molecule has 0 saturated heterocycles. The fourth-order valence-electron chi connectivity index (χ4n) is 1.20. The first-order valence-electron chi connectivity index (χ1n) is 5.55. The Morgan fingerprint density at radius 3 is 1.94 bits per heavy atom. The van der Waals surface area contributed by atoms with Crippen molar-refractivity contribution in [2.45, 2.75) is 53.0 Å². The zero-order valence-corrected chi connectivity index (χ0v) is 12.5. The number of halogens is 1. The van der Waals surface area contributed by atoms with E-state index >= 15 is 0 Å². The lowest BCUT2D eigenvalue weighted by Gasteiger charge is -2.26. The summed E-state index contributed by atoms with van der Waals surface area (Å²) >= 11 is 5.63. The zero-order valence-electron chi connectivity index (χ0n) is 10.9. The van der Waals surface area contributed by atoms with E-state index in [0.717, 1.165) is 0 Å². The van der Waals surface area contributed by atoms with Crippen LogP contribution in [0.2, 0.25) is 0 Å². The summed E-state index contributed by atoms with van der Waals surface area (Å²) in [6.07, 6.45) is 1.28. The van der Waals surface area contributed by atoms with Crippen LogP contribution in [0.5, 0.6) is 0 Å². The van der Waals surface area contributed by atoms with Gasteiger partial charge in [0.25, 0.3) is 0 Å². The summed E-state index contributed by atoms with van der Waals surface area (Å²) in [7, 11) is -3.20. The molecule has 0 fully saturated rings. The number of nitrogens with one attached hydrogen (secondary N) is 1. The Balaban J connectivity index is 4.36. The van der Waals surface area contributed by atoms with Crippen molar-refractivity contribution in [2.75, 3.05) is 11.6 Å². The number of sulfonamides is 1. The van der Waals surface area contributed by atoms with Gasteiger partial charge in [0.1, 0.15) is 0 Å². The monoisotopic (exact) mass is 269 g/mol. The molecule has 0 spiro atoms. The molecule has 0 amide bonds. The van der Waals surface area contributed by atoms with Gasteiger partial charge in [0.05, 0.1) is 5.75 Å². The molecule has 98 valence electrons. The van der Waals surface area contributed by atoms with E-state index in [4.69, 9.17) is 11.6 Å². The Kier molecular flexibility index (Phi) is 5.77. The topological polar surface area (TPSA) is 46.2 Å². The maximum Gasteiger partial charge on any atom is 0.212 e. The minimum atomic E-state index is -3.20. The minimum Gasteiger partial charge on any atom is -0.212 e. The van der Waals surface area contributed by atoms with Gasteiger partial charge in [-0.1, -0.05) is 20.8 Å². The quantitative estimate of drug-likeness (QED) is 0.754. The molecule has 0 heterocycles. The predicted octanol–water partition coefficient (Wildman–Crippen LogP) is 2.75. The van der Waals surface area contributed by atoms with Crippen molar-refractivity contribution in [1.82, 2.24) is 4.72 Å². The minimum absolute atomic E-state index is 0.0331. The first-order chi connectivity index (χ1) is 6.97. The number of alkyl halides is 1. The average molecular weight is 270 g/mol. The molecule has 3 nitrogen and oxygen atoms in total. The number of hydrogen-bond acceptors (Lipinski definition) is 2. The third kappa shape index (κ3) is 8.36. The standard InChI is InChI=1S/C11H24ClNO2S/c1-10(2,3)7-9-16(14,15)13-11(4,5)6-8-12/h13H,6-9H2,1-5H3. The summed E-state index contributed by atoms with van der Waals surface area (Å²) in [6, 6.07) is 0. The van der Waals surface area contributed by atoms with Gasteiger partial charge >= 0.3 is 0 Å². The maximum absolute atomic E-state index is 11.8. The van der Waals surface area contributed by atoms with Crippen LogP contribution in [0.1, 0.15) is 47.5 Å². The first-order valence-corrected chi connectivity index (χ1v) is 7.74. The molecule has 0 atom stereocenters. The molecule has 0 aromatic carbocycles. The van der Waals surface area contributed by atoms with Gasteiger partial charge in [0.2, 0.25) is 10.0 Å². The van der Waals surface area contributed by atoms with Crippen LogP contribution in [0.15, 0.2) is 0 Å². The van der Waals surface area contributed by atoms with E-state index in [9.17, 15) is 8.42 Å². The van der Waals surface area contributed by atoms with Crippen LogP contribution < -0.4 is 4.72 Å². The fourth-order valence-corrected chi connectivity index (χ4v) is 3.60. The van der Waals surface area contributed by atoms with Crippen molar-refractivity contribution in [3.63, 3.8) is 0 Å².